The van der Waals surface area contributed by atoms with Crippen molar-refractivity contribution in [3.05, 3.63) is 35.5 Å². The highest BCUT2D eigenvalue weighted by Crippen LogP contribution is 2.42. The molecule has 110 valence electrons. The third kappa shape index (κ3) is 1.89. The summed E-state index contributed by atoms with van der Waals surface area (Å²) >= 11 is 0. The van der Waals surface area contributed by atoms with Crippen LogP contribution in [0.5, 0.6) is 0 Å². The van der Waals surface area contributed by atoms with Gasteiger partial charge in [0.25, 0.3) is 0 Å². The first-order valence-electron chi connectivity index (χ1n) is 7.71. The molecule has 4 heteroatoms. The summed E-state index contributed by atoms with van der Waals surface area (Å²) in [5.41, 5.74) is 3.80. The molecule has 0 aliphatic carbocycles. The van der Waals surface area contributed by atoms with Gasteiger partial charge >= 0.3 is 5.97 Å². The van der Waals surface area contributed by atoms with Crippen LogP contribution in [0.4, 0.5) is 0 Å². The first-order valence-corrected chi connectivity index (χ1v) is 7.71. The highest BCUT2D eigenvalue weighted by atomic mass is 16.5. The molecule has 1 fully saturated rings. The molecule has 21 heavy (non-hydrogen) atoms. The van der Waals surface area contributed by atoms with E-state index in [0.29, 0.717) is 0 Å². The number of aromatic nitrogens is 1. The van der Waals surface area contributed by atoms with Gasteiger partial charge in [-0.05, 0) is 37.4 Å². The Morgan fingerprint density at radius 3 is 3.05 bits per heavy atom. The Kier molecular flexibility index (Phi) is 3.00. The zero-order valence-electron chi connectivity index (χ0n) is 12.3. The van der Waals surface area contributed by atoms with Crippen LogP contribution in [-0.2, 0) is 16.0 Å². The highest BCUT2D eigenvalue weighted by molar-refractivity contribution is 5.85. The lowest BCUT2D eigenvalue weighted by Crippen LogP contribution is -2.45. The lowest BCUT2D eigenvalue weighted by molar-refractivity contribution is -0.150. The van der Waals surface area contributed by atoms with Crippen LogP contribution in [0.2, 0.25) is 0 Å². The van der Waals surface area contributed by atoms with Gasteiger partial charge in [0.05, 0.1) is 19.1 Å². The molecule has 4 nitrogen and oxygen atoms in total. The van der Waals surface area contributed by atoms with E-state index < -0.39 is 0 Å². The van der Waals surface area contributed by atoms with Gasteiger partial charge in [-0.3, -0.25) is 9.69 Å². The second-order valence-electron chi connectivity index (χ2n) is 6.07. The van der Waals surface area contributed by atoms with Crippen LogP contribution in [0.15, 0.2) is 24.3 Å². The molecular formula is C17H20N2O2. The summed E-state index contributed by atoms with van der Waals surface area (Å²) in [5, 5.41) is 1.31. The van der Waals surface area contributed by atoms with Crippen LogP contribution >= 0.6 is 0 Å². The Labute approximate surface area is 124 Å². The molecule has 2 aliphatic rings. The number of nitrogens with one attached hydrogen (secondary N) is 1. The SMILES string of the molecule is COC(=O)[C@@H]1CCCN2CCc3c([nH]c4ccccc34)[C@H]12. The van der Waals surface area contributed by atoms with Gasteiger partial charge in [0, 0.05) is 23.1 Å². The molecule has 3 heterocycles. The standard InChI is InChI=1S/C17H20N2O2/c1-21-17(20)13-6-4-9-19-10-8-12-11-5-2-3-7-14(11)18-15(12)16(13)19/h2-3,5,7,13,16,18H,4,6,8-10H2,1H3/t13-,16+/m1/s1. The third-order valence-corrected chi connectivity index (χ3v) is 5.03. The molecule has 1 aromatic heterocycles. The number of para-hydroxylation sites is 1. The zero-order chi connectivity index (χ0) is 14.4. The fourth-order valence-corrected chi connectivity index (χ4v) is 4.10. The number of H-pyrrole nitrogens is 1. The maximum atomic E-state index is 12.2. The number of esters is 1. The van der Waals surface area contributed by atoms with Crippen LogP contribution in [-0.4, -0.2) is 36.1 Å². The summed E-state index contributed by atoms with van der Waals surface area (Å²) < 4.78 is 5.05. The van der Waals surface area contributed by atoms with Crippen molar-refractivity contribution in [3.63, 3.8) is 0 Å². The van der Waals surface area contributed by atoms with Crippen LogP contribution in [0.3, 0.4) is 0 Å². The van der Waals surface area contributed by atoms with Crippen molar-refractivity contribution in [2.75, 3.05) is 20.2 Å². The van der Waals surface area contributed by atoms with E-state index in [0.717, 1.165) is 32.4 Å². The van der Waals surface area contributed by atoms with Crippen LogP contribution < -0.4 is 0 Å². The number of fused-ring (bicyclic) bond motifs is 5. The number of hydrogen-bond acceptors (Lipinski definition) is 3. The average Bonchev–Trinajstić information content (AvgIpc) is 2.92. The van der Waals surface area contributed by atoms with E-state index in [9.17, 15) is 4.79 Å². The van der Waals surface area contributed by atoms with Crippen molar-refractivity contribution in [1.82, 2.24) is 9.88 Å². The molecule has 0 spiro atoms. The number of benzene rings is 1. The summed E-state index contributed by atoms with van der Waals surface area (Å²) in [6, 6.07) is 8.59. The summed E-state index contributed by atoms with van der Waals surface area (Å²) in [6.45, 7) is 2.11. The molecule has 0 bridgehead atoms. The summed E-state index contributed by atoms with van der Waals surface area (Å²) in [7, 11) is 1.50. The normalized spacial score (nSPS) is 25.4. The van der Waals surface area contributed by atoms with Gasteiger partial charge in [0.2, 0.25) is 0 Å². The van der Waals surface area contributed by atoms with E-state index in [2.05, 4.69) is 34.1 Å². The molecule has 0 unspecified atom stereocenters. The highest BCUT2D eigenvalue weighted by Gasteiger charge is 2.41. The third-order valence-electron chi connectivity index (χ3n) is 5.03. The quantitative estimate of drug-likeness (QED) is 0.819. The number of nitrogens with zero attached hydrogens (tertiary/aromatic N) is 1. The first kappa shape index (κ1) is 12.9. The number of piperidine rings is 1. The lowest BCUT2D eigenvalue weighted by atomic mass is 9.82. The molecular weight excluding hydrogens is 264 g/mol. The number of methoxy groups -OCH3 is 1. The van der Waals surface area contributed by atoms with Gasteiger partial charge in [-0.15, -0.1) is 0 Å². The fraction of sp³-hybridized carbons (Fsp3) is 0.471. The second-order valence-corrected chi connectivity index (χ2v) is 6.07. The molecule has 2 atom stereocenters. The molecule has 4 rings (SSSR count). The molecule has 0 saturated carbocycles. The van der Waals surface area contributed by atoms with Crippen molar-refractivity contribution in [1.29, 1.82) is 0 Å². The van der Waals surface area contributed by atoms with E-state index in [1.54, 1.807) is 0 Å². The van der Waals surface area contributed by atoms with Gasteiger partial charge in [0.15, 0.2) is 0 Å². The lowest BCUT2D eigenvalue weighted by Gasteiger charge is -2.42. The van der Waals surface area contributed by atoms with E-state index in [-0.39, 0.29) is 17.9 Å². The number of aromatic amines is 1. The molecule has 0 amide bonds. The van der Waals surface area contributed by atoms with Crippen LogP contribution in [0, 0.1) is 5.92 Å². The van der Waals surface area contributed by atoms with E-state index in [1.807, 2.05) is 0 Å². The fourth-order valence-electron chi connectivity index (χ4n) is 4.10. The molecule has 1 saturated heterocycles. The summed E-state index contributed by atoms with van der Waals surface area (Å²) in [6.07, 6.45) is 3.05. The number of carbonyl (C=O) groups excluding carboxylic acids is 1. The Morgan fingerprint density at radius 2 is 2.19 bits per heavy atom. The summed E-state index contributed by atoms with van der Waals surface area (Å²) in [5.74, 6) is -0.118. The van der Waals surface area contributed by atoms with E-state index in [4.69, 9.17) is 4.74 Å². The van der Waals surface area contributed by atoms with Crippen molar-refractivity contribution in [2.45, 2.75) is 25.3 Å². The molecule has 1 N–H and O–H groups in total. The largest absolute Gasteiger partial charge is 0.469 e. The number of ether oxygens (including phenoxy) is 1. The van der Waals surface area contributed by atoms with E-state index in [1.165, 1.54) is 29.3 Å². The average molecular weight is 284 g/mol. The number of carbonyl (C=O) groups is 1. The Hall–Kier alpha value is -1.81. The maximum Gasteiger partial charge on any atom is 0.310 e. The molecule has 2 aliphatic heterocycles. The molecule has 2 aromatic rings. The van der Waals surface area contributed by atoms with Crippen molar-refractivity contribution < 1.29 is 9.53 Å². The number of rotatable bonds is 1. The predicted molar refractivity (Wildman–Crippen MR) is 81.1 cm³/mol. The van der Waals surface area contributed by atoms with Crippen molar-refractivity contribution >= 4 is 16.9 Å². The predicted octanol–water partition coefficient (Wildman–Crippen LogP) is 2.65. The van der Waals surface area contributed by atoms with Gasteiger partial charge in [-0.2, -0.15) is 0 Å². The van der Waals surface area contributed by atoms with Gasteiger partial charge < -0.3 is 9.72 Å². The molecule has 0 radical (unpaired) electrons. The zero-order valence-corrected chi connectivity index (χ0v) is 12.3. The second kappa shape index (κ2) is 4.88. The van der Waals surface area contributed by atoms with Crippen LogP contribution in [0.1, 0.15) is 30.1 Å². The minimum Gasteiger partial charge on any atom is -0.469 e. The smallest absolute Gasteiger partial charge is 0.310 e. The Bertz CT molecular complexity index is 691. The Morgan fingerprint density at radius 1 is 1.33 bits per heavy atom. The summed E-state index contributed by atoms with van der Waals surface area (Å²) in [4.78, 5) is 18.2. The number of hydrogen-bond donors (Lipinski definition) is 1. The minimum atomic E-state index is -0.0730. The molecule has 1 aromatic carbocycles. The van der Waals surface area contributed by atoms with Gasteiger partial charge in [0.1, 0.15) is 0 Å². The topological polar surface area (TPSA) is 45.3 Å². The van der Waals surface area contributed by atoms with Gasteiger partial charge in [-0.1, -0.05) is 18.2 Å². The Balaban J connectivity index is 1.85. The minimum absolute atomic E-state index is 0.0455. The van der Waals surface area contributed by atoms with Gasteiger partial charge in [-0.25, -0.2) is 0 Å². The monoisotopic (exact) mass is 284 g/mol. The first-order chi connectivity index (χ1) is 10.3. The van der Waals surface area contributed by atoms with Crippen molar-refractivity contribution in [2.24, 2.45) is 5.92 Å². The van der Waals surface area contributed by atoms with Crippen LogP contribution in [0.25, 0.3) is 10.9 Å². The maximum absolute atomic E-state index is 12.2. The van der Waals surface area contributed by atoms with E-state index >= 15 is 0 Å². The van der Waals surface area contributed by atoms with Crippen molar-refractivity contribution in [3.8, 4) is 0 Å².